The monoisotopic (exact) mass is 296 g/mol. The van der Waals surface area contributed by atoms with Crippen molar-refractivity contribution in [1.82, 2.24) is 0 Å². The molecule has 0 saturated heterocycles. The van der Waals surface area contributed by atoms with E-state index >= 15 is 0 Å². The van der Waals surface area contributed by atoms with Crippen molar-refractivity contribution in [3.63, 3.8) is 0 Å². The van der Waals surface area contributed by atoms with Gasteiger partial charge in [-0.1, -0.05) is 0 Å². The minimum Gasteiger partial charge on any atom is -0.477 e. The van der Waals surface area contributed by atoms with Gasteiger partial charge in [0.1, 0.15) is 12.1 Å². The van der Waals surface area contributed by atoms with E-state index in [4.69, 9.17) is 5.11 Å². The predicted molar refractivity (Wildman–Crippen MR) is 59.3 cm³/mol. The molecule has 0 bridgehead atoms. The number of carbonyl (C=O) groups is 1. The van der Waals surface area contributed by atoms with Crippen molar-refractivity contribution in [2.75, 3.05) is 18.5 Å². The lowest BCUT2D eigenvalue weighted by atomic mass is 10.1. The molecule has 0 saturated carbocycles. The summed E-state index contributed by atoms with van der Waals surface area (Å²) in [5.74, 6) is -3.05. The van der Waals surface area contributed by atoms with Gasteiger partial charge in [0.2, 0.25) is 0 Å². The first-order valence-corrected chi connectivity index (χ1v) is 5.02. The van der Waals surface area contributed by atoms with Crippen molar-refractivity contribution < 1.29 is 32.4 Å². The molecule has 10 heteroatoms. The van der Waals surface area contributed by atoms with E-state index in [-0.39, 0.29) is 6.07 Å². The maximum Gasteiger partial charge on any atom is 0.405 e. The molecule has 0 amide bonds. The van der Waals surface area contributed by atoms with Crippen LogP contribution in [0.25, 0.3) is 0 Å². The maximum absolute atomic E-state index is 13.6. The van der Waals surface area contributed by atoms with Crippen LogP contribution in [0.3, 0.4) is 0 Å². The Morgan fingerprint density at radius 2 is 2.00 bits per heavy atom. The highest BCUT2D eigenvalue weighted by Gasteiger charge is 2.32. The van der Waals surface area contributed by atoms with Crippen LogP contribution in [0.15, 0.2) is 12.1 Å². The molecule has 20 heavy (non-hydrogen) atoms. The zero-order chi connectivity index (χ0) is 15.7. The molecule has 0 aliphatic heterocycles. The minimum atomic E-state index is -4.63. The van der Waals surface area contributed by atoms with Crippen molar-refractivity contribution >= 4 is 17.3 Å². The summed E-state index contributed by atoms with van der Waals surface area (Å²) in [6.07, 6.45) is -4.63. The zero-order valence-electron chi connectivity index (χ0n) is 9.94. The number of anilines is 1. The number of carboxylic acids is 1. The first-order valence-electron chi connectivity index (χ1n) is 5.02. The van der Waals surface area contributed by atoms with E-state index in [9.17, 15) is 32.5 Å². The number of hydrogen-bond donors (Lipinski definition) is 1. The highest BCUT2D eigenvalue weighted by Crippen LogP contribution is 2.29. The van der Waals surface area contributed by atoms with Crippen LogP contribution < -0.4 is 4.90 Å². The number of carboxylic acid groups (broad SMARTS) is 1. The quantitative estimate of drug-likeness (QED) is 0.524. The smallest absolute Gasteiger partial charge is 0.405 e. The van der Waals surface area contributed by atoms with Crippen molar-refractivity contribution in [2.24, 2.45) is 0 Å². The molecule has 0 unspecified atom stereocenters. The number of alkyl halides is 3. The second kappa shape index (κ2) is 5.31. The fourth-order valence-corrected chi connectivity index (χ4v) is 1.52. The second-order valence-electron chi connectivity index (χ2n) is 3.85. The van der Waals surface area contributed by atoms with Crippen molar-refractivity contribution in [3.05, 3.63) is 33.6 Å². The lowest BCUT2D eigenvalue weighted by Crippen LogP contribution is -2.31. The Morgan fingerprint density at radius 3 is 2.40 bits per heavy atom. The molecule has 0 aliphatic rings. The number of benzene rings is 1. The molecule has 1 aromatic carbocycles. The molecule has 0 aromatic heterocycles. The van der Waals surface area contributed by atoms with Crippen molar-refractivity contribution in [1.29, 1.82) is 0 Å². The molecule has 0 fully saturated rings. The summed E-state index contributed by atoms with van der Waals surface area (Å²) >= 11 is 0. The average molecular weight is 296 g/mol. The summed E-state index contributed by atoms with van der Waals surface area (Å²) in [5, 5.41) is 19.3. The molecule has 0 atom stereocenters. The van der Waals surface area contributed by atoms with Crippen molar-refractivity contribution in [3.8, 4) is 0 Å². The van der Waals surface area contributed by atoms with E-state index in [1.165, 1.54) is 0 Å². The minimum absolute atomic E-state index is 0.283. The number of nitrogens with zero attached hydrogens (tertiary/aromatic N) is 2. The number of rotatable bonds is 4. The number of halogens is 4. The first-order chi connectivity index (χ1) is 9.03. The summed E-state index contributed by atoms with van der Waals surface area (Å²) < 4.78 is 50.2. The molecule has 0 heterocycles. The number of hydrogen-bond acceptors (Lipinski definition) is 4. The molecule has 1 aromatic rings. The first kappa shape index (κ1) is 15.7. The third-order valence-corrected chi connectivity index (χ3v) is 2.32. The molecule has 1 rings (SSSR count). The zero-order valence-corrected chi connectivity index (χ0v) is 9.94. The van der Waals surface area contributed by atoms with Gasteiger partial charge in [0, 0.05) is 7.05 Å². The van der Waals surface area contributed by atoms with Crippen LogP contribution >= 0.6 is 0 Å². The summed E-state index contributed by atoms with van der Waals surface area (Å²) in [7, 11) is 0.892. The molecule has 0 radical (unpaired) electrons. The lowest BCUT2D eigenvalue weighted by molar-refractivity contribution is -0.385. The van der Waals surface area contributed by atoms with Crippen LogP contribution in [-0.2, 0) is 0 Å². The number of nitro benzene ring substituents is 1. The van der Waals surface area contributed by atoms with Crippen LogP contribution in [0.5, 0.6) is 0 Å². The average Bonchev–Trinajstić information content (AvgIpc) is 2.25. The normalized spacial score (nSPS) is 11.2. The molecule has 1 N–H and O–H groups in total. The Morgan fingerprint density at radius 1 is 1.45 bits per heavy atom. The van der Waals surface area contributed by atoms with Gasteiger partial charge in [-0.3, -0.25) is 10.1 Å². The number of aromatic carboxylic acids is 1. The van der Waals surface area contributed by atoms with Crippen LogP contribution in [-0.4, -0.2) is 35.8 Å². The van der Waals surface area contributed by atoms with Crippen LogP contribution in [0.4, 0.5) is 28.9 Å². The van der Waals surface area contributed by atoms with E-state index in [0.29, 0.717) is 11.0 Å². The topological polar surface area (TPSA) is 83.7 Å². The van der Waals surface area contributed by atoms with Gasteiger partial charge in [-0.25, -0.2) is 9.18 Å². The molecular formula is C10H8F4N2O4. The Labute approximate surface area is 109 Å². The number of nitro groups is 1. The van der Waals surface area contributed by atoms with Crippen LogP contribution in [0, 0.1) is 15.9 Å². The predicted octanol–water partition coefficient (Wildman–Crippen LogP) is 2.43. The maximum atomic E-state index is 13.6. The molecule has 0 aliphatic carbocycles. The van der Waals surface area contributed by atoms with Crippen LogP contribution in [0.2, 0.25) is 0 Å². The van der Waals surface area contributed by atoms with Gasteiger partial charge >= 0.3 is 12.1 Å². The summed E-state index contributed by atoms with van der Waals surface area (Å²) in [6, 6.07) is 0.785. The third kappa shape index (κ3) is 3.56. The van der Waals surface area contributed by atoms with E-state index in [1.807, 2.05) is 0 Å². The lowest BCUT2D eigenvalue weighted by Gasteiger charge is -2.21. The molecule has 0 spiro atoms. The van der Waals surface area contributed by atoms with Gasteiger partial charge in [0.05, 0.1) is 16.7 Å². The van der Waals surface area contributed by atoms with Gasteiger partial charge < -0.3 is 10.0 Å². The highest BCUT2D eigenvalue weighted by molar-refractivity contribution is 5.93. The Kier molecular flexibility index (Phi) is 4.16. The largest absolute Gasteiger partial charge is 0.477 e. The fraction of sp³-hybridized carbons (Fsp3) is 0.300. The van der Waals surface area contributed by atoms with E-state index in [2.05, 4.69) is 0 Å². The molecule has 110 valence electrons. The van der Waals surface area contributed by atoms with E-state index in [0.717, 1.165) is 7.05 Å². The summed E-state index contributed by atoms with van der Waals surface area (Å²) in [4.78, 5) is 20.7. The van der Waals surface area contributed by atoms with Gasteiger partial charge in [-0.15, -0.1) is 0 Å². The van der Waals surface area contributed by atoms with Crippen molar-refractivity contribution in [2.45, 2.75) is 6.18 Å². The van der Waals surface area contributed by atoms with Gasteiger partial charge in [0.25, 0.3) is 5.69 Å². The van der Waals surface area contributed by atoms with Gasteiger partial charge in [-0.05, 0) is 6.07 Å². The van der Waals surface area contributed by atoms with E-state index in [1.54, 1.807) is 0 Å². The Bertz CT molecular complexity index is 559. The highest BCUT2D eigenvalue weighted by atomic mass is 19.4. The summed E-state index contributed by atoms with van der Waals surface area (Å²) in [6.45, 7) is -1.53. The van der Waals surface area contributed by atoms with Gasteiger partial charge in [-0.2, -0.15) is 13.2 Å². The SMILES string of the molecule is CN(CC(F)(F)F)c1cc(C(=O)O)c([N+](=O)[O-])cc1F. The molecular weight excluding hydrogens is 288 g/mol. The Hall–Kier alpha value is -2.39. The van der Waals surface area contributed by atoms with E-state index < -0.39 is 46.4 Å². The standard InChI is InChI=1S/C10H8F4N2O4/c1-15(4-10(12,13)14)8-2-5(9(17)18)7(16(19)20)3-6(8)11/h2-3H,4H2,1H3,(H,17,18). The summed E-state index contributed by atoms with van der Waals surface area (Å²) in [5.41, 5.74) is -2.61. The second-order valence-corrected chi connectivity index (χ2v) is 3.85. The van der Waals surface area contributed by atoms with Crippen LogP contribution in [0.1, 0.15) is 10.4 Å². The Balaban J connectivity index is 3.32. The fourth-order valence-electron chi connectivity index (χ4n) is 1.52. The third-order valence-electron chi connectivity index (χ3n) is 2.32. The van der Waals surface area contributed by atoms with Gasteiger partial charge in [0.15, 0.2) is 5.82 Å². The molecule has 6 nitrogen and oxygen atoms in total.